The van der Waals surface area contributed by atoms with E-state index in [1.54, 1.807) is 13.2 Å². The summed E-state index contributed by atoms with van der Waals surface area (Å²) in [6.45, 7) is 5.91. The molecule has 2 aromatic carbocycles. The van der Waals surface area contributed by atoms with Crippen molar-refractivity contribution >= 4 is 22.7 Å². The molecule has 2 aliphatic rings. The molecule has 0 aromatic heterocycles. The van der Waals surface area contributed by atoms with Gasteiger partial charge in [-0.05, 0) is 68.3 Å². The van der Waals surface area contributed by atoms with E-state index in [1.165, 1.54) is 12.1 Å². The van der Waals surface area contributed by atoms with Crippen LogP contribution in [0, 0.1) is 12.7 Å². The molecule has 5 heteroatoms. The SMILES string of the molecule is COc1ccc(C2=C/C(=C3\C(=O)Nc4cc(F)ccc43)OC2(C)C)cc1C. The van der Waals surface area contributed by atoms with Crippen LogP contribution in [0.1, 0.15) is 30.5 Å². The van der Waals surface area contributed by atoms with Crippen molar-refractivity contribution in [1.82, 2.24) is 0 Å². The Morgan fingerprint density at radius 2 is 1.93 bits per heavy atom. The second-order valence-electron chi connectivity index (χ2n) is 7.24. The molecular weight excluding hydrogens is 345 g/mol. The van der Waals surface area contributed by atoms with Gasteiger partial charge in [0.25, 0.3) is 5.91 Å². The van der Waals surface area contributed by atoms with Gasteiger partial charge in [0, 0.05) is 11.1 Å². The lowest BCUT2D eigenvalue weighted by Crippen LogP contribution is -2.21. The Bertz CT molecular complexity index is 1030. The molecule has 0 saturated carbocycles. The number of hydrogen-bond acceptors (Lipinski definition) is 3. The van der Waals surface area contributed by atoms with Crippen LogP contribution in [0.15, 0.2) is 48.2 Å². The van der Waals surface area contributed by atoms with E-state index in [1.807, 2.05) is 45.0 Å². The number of anilines is 1. The largest absolute Gasteiger partial charge is 0.496 e. The van der Waals surface area contributed by atoms with E-state index >= 15 is 0 Å². The predicted molar refractivity (Wildman–Crippen MR) is 103 cm³/mol. The first-order valence-electron chi connectivity index (χ1n) is 8.72. The summed E-state index contributed by atoms with van der Waals surface area (Å²) in [5, 5.41) is 2.71. The Hall–Kier alpha value is -3.08. The summed E-state index contributed by atoms with van der Waals surface area (Å²) in [7, 11) is 1.64. The maximum Gasteiger partial charge on any atom is 0.260 e. The van der Waals surface area contributed by atoms with E-state index < -0.39 is 11.4 Å². The lowest BCUT2D eigenvalue weighted by atomic mass is 9.91. The number of nitrogens with one attached hydrogen (secondary N) is 1. The Kier molecular flexibility index (Phi) is 3.84. The van der Waals surface area contributed by atoms with Crippen molar-refractivity contribution in [3.63, 3.8) is 0 Å². The van der Waals surface area contributed by atoms with Crippen molar-refractivity contribution in [3.05, 3.63) is 70.7 Å². The van der Waals surface area contributed by atoms with E-state index in [9.17, 15) is 9.18 Å². The van der Waals surface area contributed by atoms with Crippen LogP contribution in [-0.2, 0) is 9.53 Å². The fourth-order valence-corrected chi connectivity index (χ4v) is 3.65. The summed E-state index contributed by atoms with van der Waals surface area (Å²) in [6, 6.07) is 10.2. The maximum atomic E-state index is 13.5. The molecular formula is C22H20FNO3. The first-order valence-corrected chi connectivity index (χ1v) is 8.72. The van der Waals surface area contributed by atoms with Crippen molar-refractivity contribution < 1.29 is 18.7 Å². The van der Waals surface area contributed by atoms with Crippen LogP contribution in [0.2, 0.25) is 0 Å². The topological polar surface area (TPSA) is 47.6 Å². The number of methoxy groups -OCH3 is 1. The third-order valence-corrected chi connectivity index (χ3v) is 4.97. The molecule has 138 valence electrons. The molecule has 0 bridgehead atoms. The van der Waals surface area contributed by atoms with Gasteiger partial charge in [0.15, 0.2) is 0 Å². The zero-order valence-corrected chi connectivity index (χ0v) is 15.6. The van der Waals surface area contributed by atoms with Gasteiger partial charge in [0.05, 0.1) is 18.4 Å². The number of fused-ring (bicyclic) bond motifs is 1. The molecule has 1 amide bonds. The van der Waals surface area contributed by atoms with Crippen molar-refractivity contribution in [1.29, 1.82) is 0 Å². The van der Waals surface area contributed by atoms with Gasteiger partial charge in [-0.1, -0.05) is 6.07 Å². The Morgan fingerprint density at radius 3 is 2.63 bits per heavy atom. The van der Waals surface area contributed by atoms with Gasteiger partial charge in [-0.25, -0.2) is 4.39 Å². The number of rotatable bonds is 2. The molecule has 2 heterocycles. The molecule has 27 heavy (non-hydrogen) atoms. The number of carbonyl (C=O) groups excluding carboxylic acids is 1. The first-order chi connectivity index (χ1) is 12.8. The molecule has 1 N–H and O–H groups in total. The van der Waals surface area contributed by atoms with Crippen molar-refractivity contribution in [3.8, 4) is 5.75 Å². The Balaban J connectivity index is 1.84. The van der Waals surface area contributed by atoms with Crippen molar-refractivity contribution in [2.45, 2.75) is 26.4 Å². The van der Waals surface area contributed by atoms with E-state index in [4.69, 9.17) is 9.47 Å². The highest BCUT2D eigenvalue weighted by Gasteiger charge is 2.38. The van der Waals surface area contributed by atoms with E-state index in [2.05, 4.69) is 5.32 Å². The van der Waals surface area contributed by atoms with Crippen LogP contribution in [0.5, 0.6) is 5.75 Å². The summed E-state index contributed by atoms with van der Waals surface area (Å²) in [4.78, 5) is 12.5. The van der Waals surface area contributed by atoms with Crippen LogP contribution in [-0.4, -0.2) is 18.6 Å². The minimum atomic E-state index is -0.605. The second kappa shape index (κ2) is 5.98. The fraction of sp³-hybridized carbons (Fsp3) is 0.227. The number of aryl methyl sites for hydroxylation is 1. The molecule has 0 saturated heterocycles. The summed E-state index contributed by atoms with van der Waals surface area (Å²) in [5.41, 5.74) is 3.94. The Labute approximate surface area is 157 Å². The molecule has 0 fully saturated rings. The third-order valence-electron chi connectivity index (χ3n) is 4.97. The number of halogens is 1. The first kappa shape index (κ1) is 17.3. The molecule has 4 nitrogen and oxygen atoms in total. The van der Waals surface area contributed by atoms with Gasteiger partial charge >= 0.3 is 0 Å². The van der Waals surface area contributed by atoms with Crippen LogP contribution < -0.4 is 10.1 Å². The van der Waals surface area contributed by atoms with E-state index in [-0.39, 0.29) is 5.91 Å². The summed E-state index contributed by atoms with van der Waals surface area (Å²) in [6.07, 6.45) is 1.90. The number of ether oxygens (including phenoxy) is 2. The summed E-state index contributed by atoms with van der Waals surface area (Å²) in [5.74, 6) is 0.634. The Morgan fingerprint density at radius 1 is 1.15 bits per heavy atom. The molecule has 4 rings (SSSR count). The van der Waals surface area contributed by atoms with Crippen LogP contribution in [0.4, 0.5) is 10.1 Å². The molecule has 0 radical (unpaired) electrons. The number of benzene rings is 2. The zero-order chi connectivity index (χ0) is 19.3. The van der Waals surface area contributed by atoms with Crippen LogP contribution in [0.3, 0.4) is 0 Å². The number of hydrogen-bond donors (Lipinski definition) is 1. The fourth-order valence-electron chi connectivity index (χ4n) is 3.65. The average Bonchev–Trinajstić information content (AvgIpc) is 3.09. The molecule has 0 unspecified atom stereocenters. The van der Waals surface area contributed by atoms with Crippen molar-refractivity contribution in [2.75, 3.05) is 12.4 Å². The zero-order valence-electron chi connectivity index (χ0n) is 15.6. The van der Waals surface area contributed by atoms with Crippen LogP contribution in [0.25, 0.3) is 11.1 Å². The highest BCUT2D eigenvalue weighted by Crippen LogP contribution is 2.44. The monoisotopic (exact) mass is 365 g/mol. The normalized spacial score (nSPS) is 20.0. The standard InChI is InChI=1S/C22H20FNO3/c1-12-9-13(5-8-18(12)26-4)16-11-19(27-22(16,2)3)20-15-7-6-14(23)10-17(15)24-21(20)25/h5-11H,1-4H3,(H,24,25)/b20-19+. The molecule has 0 spiro atoms. The smallest absolute Gasteiger partial charge is 0.260 e. The van der Waals surface area contributed by atoms with Gasteiger partial charge in [-0.15, -0.1) is 0 Å². The molecule has 0 atom stereocenters. The van der Waals surface area contributed by atoms with E-state index in [0.29, 0.717) is 22.6 Å². The minimum absolute atomic E-state index is 0.287. The van der Waals surface area contributed by atoms with Gasteiger partial charge in [-0.2, -0.15) is 0 Å². The minimum Gasteiger partial charge on any atom is -0.496 e. The highest BCUT2D eigenvalue weighted by molar-refractivity contribution is 6.32. The predicted octanol–water partition coefficient (Wildman–Crippen LogP) is 4.70. The van der Waals surface area contributed by atoms with Gasteiger partial charge in [0.2, 0.25) is 0 Å². The lowest BCUT2D eigenvalue weighted by Gasteiger charge is -2.24. The summed E-state index contributed by atoms with van der Waals surface area (Å²) >= 11 is 0. The average molecular weight is 365 g/mol. The second-order valence-corrected chi connectivity index (χ2v) is 7.24. The molecule has 0 aliphatic carbocycles. The van der Waals surface area contributed by atoms with Crippen LogP contribution >= 0.6 is 0 Å². The maximum absolute atomic E-state index is 13.5. The highest BCUT2D eigenvalue weighted by atomic mass is 19.1. The summed E-state index contributed by atoms with van der Waals surface area (Å²) < 4.78 is 25.0. The number of allylic oxidation sites excluding steroid dienone is 1. The van der Waals surface area contributed by atoms with Crippen molar-refractivity contribution in [2.24, 2.45) is 0 Å². The lowest BCUT2D eigenvalue weighted by molar-refractivity contribution is -0.111. The van der Waals surface area contributed by atoms with Gasteiger partial charge in [0.1, 0.15) is 22.9 Å². The number of carbonyl (C=O) groups is 1. The number of amides is 1. The quantitative estimate of drug-likeness (QED) is 0.785. The van der Waals surface area contributed by atoms with E-state index in [0.717, 1.165) is 22.4 Å². The molecule has 2 aliphatic heterocycles. The molecule has 2 aromatic rings. The van der Waals surface area contributed by atoms with Gasteiger partial charge in [-0.3, -0.25) is 4.79 Å². The van der Waals surface area contributed by atoms with Gasteiger partial charge < -0.3 is 14.8 Å². The third kappa shape index (κ3) is 2.79.